The average molecular weight is 299 g/mol. The Bertz CT molecular complexity index is 155. The van der Waals surface area contributed by atoms with Gasteiger partial charge in [-0.2, -0.15) is 0 Å². The van der Waals surface area contributed by atoms with Gasteiger partial charge >= 0.3 is 0 Å². The molecular weight excluding hydrogens is 272 g/mol. The highest BCUT2D eigenvalue weighted by Crippen LogP contribution is 1.96. The first-order chi connectivity index (χ1) is 6.98. The maximum Gasteiger partial charge on any atom is 0.102 e. The van der Waals surface area contributed by atoms with Crippen LogP contribution < -0.4 is 17.0 Å². The largest absolute Gasteiger partial charge is 1.00 e. The van der Waals surface area contributed by atoms with Gasteiger partial charge in [0, 0.05) is 13.7 Å². The number of quaternary nitrogens is 1. The van der Waals surface area contributed by atoms with Crippen LogP contribution in [0.2, 0.25) is 0 Å². The van der Waals surface area contributed by atoms with Crippen LogP contribution in [0.3, 0.4) is 0 Å². The van der Waals surface area contributed by atoms with Crippen LogP contribution in [0.4, 0.5) is 0 Å². The zero-order chi connectivity index (χ0) is 11.7. The van der Waals surface area contributed by atoms with E-state index in [0.29, 0.717) is 13.2 Å². The SMILES string of the molecule is COCCOCC[N+](C)(C)CCN(C)C.[Br-]. The fourth-order valence-electron chi connectivity index (χ4n) is 1.14. The minimum absolute atomic E-state index is 0. The molecule has 0 saturated carbocycles. The minimum atomic E-state index is 0. The summed E-state index contributed by atoms with van der Waals surface area (Å²) in [5, 5.41) is 0. The van der Waals surface area contributed by atoms with Gasteiger partial charge in [-0.25, -0.2) is 0 Å². The number of rotatable bonds is 9. The summed E-state index contributed by atoms with van der Waals surface area (Å²) in [4.78, 5) is 2.21. The van der Waals surface area contributed by atoms with Gasteiger partial charge in [0.05, 0.1) is 40.5 Å². The van der Waals surface area contributed by atoms with E-state index in [9.17, 15) is 0 Å². The van der Waals surface area contributed by atoms with E-state index in [-0.39, 0.29) is 17.0 Å². The van der Waals surface area contributed by atoms with Crippen LogP contribution in [0.5, 0.6) is 0 Å². The number of ether oxygens (including phenoxy) is 2. The highest BCUT2D eigenvalue weighted by molar-refractivity contribution is 4.42. The van der Waals surface area contributed by atoms with E-state index in [1.165, 1.54) is 0 Å². The van der Waals surface area contributed by atoms with E-state index in [1.807, 2.05) is 0 Å². The Morgan fingerprint density at radius 2 is 1.62 bits per heavy atom. The molecule has 0 aliphatic rings. The van der Waals surface area contributed by atoms with Gasteiger partial charge in [-0.1, -0.05) is 0 Å². The number of nitrogens with zero attached hydrogens (tertiary/aromatic N) is 2. The highest BCUT2D eigenvalue weighted by Gasteiger charge is 2.14. The number of methoxy groups -OCH3 is 1. The molecule has 5 heteroatoms. The summed E-state index contributed by atoms with van der Waals surface area (Å²) in [7, 11) is 10.4. The van der Waals surface area contributed by atoms with Crippen LogP contribution >= 0.6 is 0 Å². The first kappa shape index (κ1) is 18.7. The van der Waals surface area contributed by atoms with Crippen molar-refractivity contribution < 1.29 is 30.9 Å². The van der Waals surface area contributed by atoms with Crippen molar-refractivity contribution in [3.05, 3.63) is 0 Å². The van der Waals surface area contributed by atoms with Gasteiger partial charge in [-0.05, 0) is 14.1 Å². The number of hydrogen-bond donors (Lipinski definition) is 0. The van der Waals surface area contributed by atoms with Gasteiger partial charge in [0.15, 0.2) is 0 Å². The maximum atomic E-state index is 5.46. The highest BCUT2D eigenvalue weighted by atomic mass is 79.9. The number of hydrogen-bond acceptors (Lipinski definition) is 3. The molecule has 0 saturated heterocycles. The molecule has 0 radical (unpaired) electrons. The van der Waals surface area contributed by atoms with Gasteiger partial charge in [0.2, 0.25) is 0 Å². The molecule has 0 aromatic carbocycles. The molecule has 0 rings (SSSR count). The van der Waals surface area contributed by atoms with Crippen molar-refractivity contribution in [1.29, 1.82) is 0 Å². The predicted octanol–water partition coefficient (Wildman–Crippen LogP) is -2.71. The molecular formula is C11H27BrN2O2. The van der Waals surface area contributed by atoms with Crippen molar-refractivity contribution in [3.63, 3.8) is 0 Å². The second-order valence-corrected chi connectivity index (χ2v) is 4.79. The van der Waals surface area contributed by atoms with E-state index < -0.39 is 0 Å². The molecule has 0 aliphatic heterocycles. The van der Waals surface area contributed by atoms with E-state index in [1.54, 1.807) is 7.11 Å². The van der Waals surface area contributed by atoms with E-state index in [0.717, 1.165) is 30.7 Å². The van der Waals surface area contributed by atoms with Crippen molar-refractivity contribution in [2.75, 3.05) is 74.8 Å². The fraction of sp³-hybridized carbons (Fsp3) is 1.00. The Kier molecular flexibility index (Phi) is 12.2. The molecule has 0 N–H and O–H groups in total. The first-order valence-corrected chi connectivity index (χ1v) is 5.51. The molecule has 0 amide bonds. The molecule has 100 valence electrons. The van der Waals surface area contributed by atoms with Gasteiger partial charge < -0.3 is 35.8 Å². The molecule has 0 aromatic rings. The second kappa shape index (κ2) is 10.5. The molecule has 16 heavy (non-hydrogen) atoms. The summed E-state index contributed by atoms with van der Waals surface area (Å²) in [5.41, 5.74) is 0. The van der Waals surface area contributed by atoms with Gasteiger partial charge in [-0.3, -0.25) is 0 Å². The molecule has 0 heterocycles. The van der Waals surface area contributed by atoms with Crippen LogP contribution in [0.1, 0.15) is 0 Å². The average Bonchev–Trinajstić information content (AvgIpc) is 2.15. The molecule has 0 aromatic heterocycles. The molecule has 0 aliphatic carbocycles. The summed E-state index contributed by atoms with van der Waals surface area (Å²) in [6.07, 6.45) is 0. The Hall–Kier alpha value is 0.320. The third-order valence-corrected chi connectivity index (χ3v) is 2.43. The Morgan fingerprint density at radius 1 is 1.00 bits per heavy atom. The summed E-state index contributed by atoms with van der Waals surface area (Å²) in [6.45, 7) is 5.52. The van der Waals surface area contributed by atoms with Crippen LogP contribution in [0, 0.1) is 0 Å². The lowest BCUT2D eigenvalue weighted by Gasteiger charge is -2.30. The summed E-state index contributed by atoms with van der Waals surface area (Å²) >= 11 is 0. The molecule has 4 nitrogen and oxygen atoms in total. The predicted molar refractivity (Wildman–Crippen MR) is 63.1 cm³/mol. The number of likely N-dealkylation sites (N-methyl/N-ethyl adjacent to an activating group) is 2. The van der Waals surface area contributed by atoms with E-state index >= 15 is 0 Å². The Labute approximate surface area is 111 Å². The lowest BCUT2D eigenvalue weighted by atomic mass is 10.4. The van der Waals surface area contributed by atoms with Crippen molar-refractivity contribution >= 4 is 0 Å². The fourth-order valence-corrected chi connectivity index (χ4v) is 1.14. The summed E-state index contributed by atoms with van der Waals surface area (Å²) < 4.78 is 11.4. The normalized spacial score (nSPS) is 11.6. The van der Waals surface area contributed by atoms with Crippen LogP contribution in [0.15, 0.2) is 0 Å². The lowest BCUT2D eigenvalue weighted by Crippen LogP contribution is -3.00. The van der Waals surface area contributed by atoms with Crippen molar-refractivity contribution in [2.24, 2.45) is 0 Å². The smallest absolute Gasteiger partial charge is 0.102 e. The zero-order valence-electron chi connectivity index (χ0n) is 11.3. The van der Waals surface area contributed by atoms with Crippen molar-refractivity contribution in [3.8, 4) is 0 Å². The summed E-state index contributed by atoms with van der Waals surface area (Å²) in [6, 6.07) is 0. The standard InChI is InChI=1S/C11H27N2O2.BrH/c1-12(2)6-7-13(3,4)8-9-15-11-10-14-5;/h6-11H2,1-5H3;1H/q+1;/p-1. The first-order valence-electron chi connectivity index (χ1n) is 5.51. The maximum absolute atomic E-state index is 5.46. The number of halogens is 1. The molecule has 0 atom stereocenters. The van der Waals surface area contributed by atoms with E-state index in [2.05, 4.69) is 33.1 Å². The van der Waals surface area contributed by atoms with Gasteiger partial charge in [0.1, 0.15) is 6.54 Å². The van der Waals surface area contributed by atoms with Gasteiger partial charge in [-0.15, -0.1) is 0 Å². The van der Waals surface area contributed by atoms with E-state index in [4.69, 9.17) is 9.47 Å². The van der Waals surface area contributed by atoms with Crippen LogP contribution in [0.25, 0.3) is 0 Å². The van der Waals surface area contributed by atoms with Crippen molar-refractivity contribution in [1.82, 2.24) is 4.90 Å². The monoisotopic (exact) mass is 298 g/mol. The second-order valence-electron chi connectivity index (χ2n) is 4.79. The quantitative estimate of drug-likeness (QED) is 0.341. The third-order valence-electron chi connectivity index (χ3n) is 2.43. The van der Waals surface area contributed by atoms with Crippen LogP contribution in [-0.4, -0.2) is 84.1 Å². The third kappa shape index (κ3) is 12.4. The lowest BCUT2D eigenvalue weighted by molar-refractivity contribution is -0.890. The minimum Gasteiger partial charge on any atom is -1.00 e. The molecule has 0 unspecified atom stereocenters. The Morgan fingerprint density at radius 3 is 2.12 bits per heavy atom. The van der Waals surface area contributed by atoms with Crippen molar-refractivity contribution in [2.45, 2.75) is 0 Å². The molecule has 0 spiro atoms. The summed E-state index contributed by atoms with van der Waals surface area (Å²) in [5.74, 6) is 0. The molecule has 0 fully saturated rings. The topological polar surface area (TPSA) is 21.7 Å². The van der Waals surface area contributed by atoms with Gasteiger partial charge in [0.25, 0.3) is 0 Å². The Balaban J connectivity index is 0. The van der Waals surface area contributed by atoms with Crippen LogP contribution in [-0.2, 0) is 9.47 Å². The molecule has 0 bridgehead atoms. The zero-order valence-corrected chi connectivity index (χ0v) is 12.9.